The van der Waals surface area contributed by atoms with Gasteiger partial charge >= 0.3 is 11.7 Å². The first-order chi connectivity index (χ1) is 12.2. The van der Waals surface area contributed by atoms with Gasteiger partial charge in [-0.05, 0) is 62.0 Å². The average molecular weight is 490 g/mol. The molecule has 11 heteroatoms. The Morgan fingerprint density at radius 3 is 2.23 bits per heavy atom. The van der Waals surface area contributed by atoms with Crippen LogP contribution in [0.4, 0.5) is 11.4 Å². The number of nitrogens with zero attached hydrogens (tertiary/aromatic N) is 2. The van der Waals surface area contributed by atoms with Crippen molar-refractivity contribution in [3.8, 4) is 11.5 Å². The molecule has 0 radical (unpaired) electrons. The summed E-state index contributed by atoms with van der Waals surface area (Å²) in [4.78, 5) is 32.0. The molecule has 1 N–H and O–H groups in total. The van der Waals surface area contributed by atoms with Crippen molar-refractivity contribution in [3.63, 3.8) is 0 Å². The van der Waals surface area contributed by atoms with E-state index in [1.54, 1.807) is 12.1 Å². The van der Waals surface area contributed by atoms with Gasteiger partial charge in [0.25, 0.3) is 5.69 Å². The second-order valence-corrected chi connectivity index (χ2v) is 6.76. The van der Waals surface area contributed by atoms with Crippen LogP contribution >= 0.6 is 31.9 Å². The smallest absolute Gasteiger partial charge is 0.318 e. The van der Waals surface area contributed by atoms with E-state index in [2.05, 4.69) is 31.9 Å². The van der Waals surface area contributed by atoms with E-state index in [1.165, 1.54) is 0 Å². The lowest BCUT2D eigenvalue weighted by molar-refractivity contribution is -0.394. The first-order valence-electron chi connectivity index (χ1n) is 6.99. The summed E-state index contributed by atoms with van der Waals surface area (Å²) < 4.78 is 5.86. The molecule has 0 aromatic heterocycles. The number of ether oxygens (including phenoxy) is 1. The predicted octanol–water partition coefficient (Wildman–Crippen LogP) is 4.27. The third-order valence-corrected chi connectivity index (χ3v) is 4.48. The van der Waals surface area contributed by atoms with Gasteiger partial charge in [0.2, 0.25) is 5.75 Å². The monoisotopic (exact) mass is 488 g/mol. The van der Waals surface area contributed by atoms with E-state index >= 15 is 0 Å². The Balaban J connectivity index is 2.10. The third kappa shape index (κ3) is 4.76. The summed E-state index contributed by atoms with van der Waals surface area (Å²) in [5.74, 6) is -1.07. The third-order valence-electron chi connectivity index (χ3n) is 3.27. The number of esters is 1. The summed E-state index contributed by atoms with van der Waals surface area (Å²) in [6.45, 7) is 0. The maximum atomic E-state index is 12.0. The van der Waals surface area contributed by atoms with Gasteiger partial charge in [-0.3, -0.25) is 25.0 Å². The number of non-ortho nitro benzene ring substituents is 1. The molecule has 9 nitrogen and oxygen atoms in total. The SMILES string of the molecule is O=C(CCc1cc(Br)c(O)c(Br)c1)Oc1ccc([N+](=O)[O-])cc1[N+](=O)[O-]. The Morgan fingerprint density at radius 2 is 1.69 bits per heavy atom. The molecule has 2 aromatic rings. The molecule has 0 aliphatic carbocycles. The minimum absolute atomic E-state index is 0.0258. The van der Waals surface area contributed by atoms with E-state index in [1.807, 2.05) is 0 Å². The Labute approximate surface area is 163 Å². The van der Waals surface area contributed by atoms with Gasteiger partial charge in [0.1, 0.15) is 5.75 Å². The normalized spacial score (nSPS) is 10.4. The van der Waals surface area contributed by atoms with Crippen molar-refractivity contribution in [2.24, 2.45) is 0 Å². The van der Waals surface area contributed by atoms with Crippen molar-refractivity contribution in [2.75, 3.05) is 0 Å². The Hall–Kier alpha value is -2.53. The molecular formula is C15H10Br2N2O7. The molecule has 2 aromatic carbocycles. The van der Waals surface area contributed by atoms with Gasteiger partial charge in [-0.1, -0.05) is 0 Å². The summed E-state index contributed by atoms with van der Waals surface area (Å²) in [5, 5.41) is 31.4. The fourth-order valence-electron chi connectivity index (χ4n) is 2.03. The zero-order valence-corrected chi connectivity index (χ0v) is 16.0. The highest BCUT2D eigenvalue weighted by atomic mass is 79.9. The highest BCUT2D eigenvalue weighted by molar-refractivity contribution is 9.11. The molecule has 0 saturated heterocycles. The number of nitro groups is 2. The van der Waals surface area contributed by atoms with Crippen LogP contribution in [-0.4, -0.2) is 20.9 Å². The molecule has 0 heterocycles. The average Bonchev–Trinajstić information content (AvgIpc) is 2.57. The van der Waals surface area contributed by atoms with Crippen molar-refractivity contribution in [2.45, 2.75) is 12.8 Å². The number of nitro benzene ring substituents is 2. The first-order valence-corrected chi connectivity index (χ1v) is 8.58. The van der Waals surface area contributed by atoms with Crippen LogP contribution in [0.5, 0.6) is 11.5 Å². The van der Waals surface area contributed by atoms with Gasteiger partial charge in [-0.25, -0.2) is 0 Å². The van der Waals surface area contributed by atoms with Crippen LogP contribution < -0.4 is 4.74 Å². The molecule has 0 saturated carbocycles. The van der Waals surface area contributed by atoms with E-state index in [4.69, 9.17) is 4.74 Å². The number of hydrogen-bond donors (Lipinski definition) is 1. The van der Waals surface area contributed by atoms with Gasteiger partial charge in [-0.15, -0.1) is 0 Å². The number of hydrogen-bond acceptors (Lipinski definition) is 7. The fraction of sp³-hybridized carbons (Fsp3) is 0.133. The van der Waals surface area contributed by atoms with Crippen molar-refractivity contribution in [1.82, 2.24) is 0 Å². The zero-order valence-electron chi connectivity index (χ0n) is 12.8. The lowest BCUT2D eigenvalue weighted by atomic mass is 10.1. The van der Waals surface area contributed by atoms with E-state index in [0.29, 0.717) is 8.95 Å². The summed E-state index contributed by atoms with van der Waals surface area (Å²) in [7, 11) is 0. The molecule has 0 aliphatic rings. The molecule has 0 fully saturated rings. The number of benzene rings is 2. The van der Waals surface area contributed by atoms with Gasteiger partial charge in [0.15, 0.2) is 0 Å². The van der Waals surface area contributed by atoms with Crippen LogP contribution in [-0.2, 0) is 11.2 Å². The Kier molecular flexibility index (Phi) is 6.27. The number of aromatic hydroxyl groups is 1. The molecule has 0 atom stereocenters. The maximum absolute atomic E-state index is 12.0. The van der Waals surface area contributed by atoms with Crippen molar-refractivity contribution in [1.29, 1.82) is 0 Å². The summed E-state index contributed by atoms with van der Waals surface area (Å²) in [6, 6.07) is 6.02. The standard InChI is InChI=1S/C15H10Br2N2O7/c16-10-5-8(6-11(17)15(10)21)1-4-14(20)26-13-3-2-9(18(22)23)7-12(13)19(24)25/h2-3,5-7,21H,1,4H2. The number of phenolic OH excluding ortho intramolecular Hbond substituents is 1. The fourth-order valence-corrected chi connectivity index (χ4v) is 3.31. The van der Waals surface area contributed by atoms with Gasteiger partial charge < -0.3 is 9.84 Å². The molecule has 0 bridgehead atoms. The summed E-state index contributed by atoms with van der Waals surface area (Å²) in [6.07, 6.45) is 0.175. The van der Waals surface area contributed by atoms with Crippen LogP contribution in [0, 0.1) is 20.2 Å². The van der Waals surface area contributed by atoms with Crippen LogP contribution in [0.25, 0.3) is 0 Å². The number of aryl methyl sites for hydroxylation is 1. The molecule has 26 heavy (non-hydrogen) atoms. The number of carbonyl (C=O) groups is 1. The van der Waals surface area contributed by atoms with Crippen molar-refractivity contribution >= 4 is 49.2 Å². The van der Waals surface area contributed by atoms with Gasteiger partial charge in [0.05, 0.1) is 24.9 Å². The topological polar surface area (TPSA) is 133 Å². The van der Waals surface area contributed by atoms with E-state index in [0.717, 1.165) is 23.8 Å². The minimum Gasteiger partial charge on any atom is -0.506 e. The quantitative estimate of drug-likeness (QED) is 0.277. The van der Waals surface area contributed by atoms with Crippen LogP contribution in [0.3, 0.4) is 0 Å². The minimum atomic E-state index is -0.857. The van der Waals surface area contributed by atoms with Crippen molar-refractivity contribution in [3.05, 3.63) is 65.1 Å². The first kappa shape index (κ1) is 19.8. The second kappa shape index (κ2) is 8.23. The summed E-state index contributed by atoms with van der Waals surface area (Å²) >= 11 is 6.35. The van der Waals surface area contributed by atoms with Crippen LogP contribution in [0.2, 0.25) is 0 Å². The Bertz CT molecular complexity index is 879. The molecule has 0 spiro atoms. The van der Waals surface area contributed by atoms with Crippen LogP contribution in [0.15, 0.2) is 39.3 Å². The van der Waals surface area contributed by atoms with Crippen LogP contribution in [0.1, 0.15) is 12.0 Å². The molecule has 0 aliphatic heterocycles. The predicted molar refractivity (Wildman–Crippen MR) is 97.2 cm³/mol. The number of rotatable bonds is 6. The maximum Gasteiger partial charge on any atom is 0.318 e. The lowest BCUT2D eigenvalue weighted by Gasteiger charge is -2.07. The van der Waals surface area contributed by atoms with Crippen molar-refractivity contribution < 1.29 is 24.5 Å². The van der Waals surface area contributed by atoms with E-state index in [-0.39, 0.29) is 24.3 Å². The zero-order chi connectivity index (χ0) is 19.4. The highest BCUT2D eigenvalue weighted by Crippen LogP contribution is 2.34. The Morgan fingerprint density at radius 1 is 1.08 bits per heavy atom. The molecule has 0 unspecified atom stereocenters. The molecule has 136 valence electrons. The highest BCUT2D eigenvalue weighted by Gasteiger charge is 2.22. The number of carbonyl (C=O) groups excluding carboxylic acids is 1. The van der Waals surface area contributed by atoms with E-state index in [9.17, 15) is 30.1 Å². The van der Waals surface area contributed by atoms with Gasteiger partial charge in [0, 0.05) is 12.5 Å². The van der Waals surface area contributed by atoms with E-state index < -0.39 is 27.2 Å². The molecule has 0 amide bonds. The number of halogens is 2. The lowest BCUT2D eigenvalue weighted by Crippen LogP contribution is -2.10. The molecular weight excluding hydrogens is 480 g/mol. The second-order valence-electron chi connectivity index (χ2n) is 5.05. The molecule has 2 rings (SSSR count). The number of phenols is 1. The summed E-state index contributed by atoms with van der Waals surface area (Å²) in [5.41, 5.74) is -0.422. The van der Waals surface area contributed by atoms with Gasteiger partial charge in [-0.2, -0.15) is 0 Å². The largest absolute Gasteiger partial charge is 0.506 e.